The predicted molar refractivity (Wildman–Crippen MR) is 119 cm³/mol. The van der Waals surface area contributed by atoms with E-state index < -0.39 is 12.0 Å². The largest absolute Gasteiger partial charge is 0.465 e. The van der Waals surface area contributed by atoms with Gasteiger partial charge in [0.05, 0.1) is 24.8 Å². The Kier molecular flexibility index (Phi) is 5.42. The maximum Gasteiger partial charge on any atom is 0.337 e. The second kappa shape index (κ2) is 7.71. The molecular formula is C25H32N2O5. The first-order valence-electron chi connectivity index (χ1n) is 11.4. The molecule has 3 amide bonds. The van der Waals surface area contributed by atoms with Gasteiger partial charge >= 0.3 is 5.97 Å². The molecule has 2 aliphatic carbocycles. The highest BCUT2D eigenvalue weighted by molar-refractivity contribution is 6.23. The number of carbonyl (C=O) groups is 4. The van der Waals surface area contributed by atoms with E-state index in [4.69, 9.17) is 4.74 Å². The van der Waals surface area contributed by atoms with Crippen molar-refractivity contribution in [1.29, 1.82) is 0 Å². The first-order valence-corrected chi connectivity index (χ1v) is 11.4. The lowest BCUT2D eigenvalue weighted by molar-refractivity contribution is -0.143. The number of ether oxygens (including phenoxy) is 1. The van der Waals surface area contributed by atoms with Crippen molar-refractivity contribution < 1.29 is 23.9 Å². The van der Waals surface area contributed by atoms with Crippen LogP contribution in [0.5, 0.6) is 0 Å². The molecule has 0 aromatic heterocycles. The zero-order chi connectivity index (χ0) is 23.4. The van der Waals surface area contributed by atoms with Crippen LogP contribution < -0.4 is 4.90 Å². The lowest BCUT2D eigenvalue weighted by atomic mass is 10.0. The van der Waals surface area contributed by atoms with Gasteiger partial charge in [-0.1, -0.05) is 40.5 Å². The van der Waals surface area contributed by atoms with Crippen LogP contribution in [0.15, 0.2) is 24.3 Å². The molecule has 7 nitrogen and oxygen atoms in total. The Bertz CT molecular complexity index is 945. The minimum Gasteiger partial charge on any atom is -0.465 e. The molecule has 172 valence electrons. The third-order valence-corrected chi connectivity index (χ3v) is 8.25. The van der Waals surface area contributed by atoms with Gasteiger partial charge in [0.25, 0.3) is 5.91 Å². The molecule has 32 heavy (non-hydrogen) atoms. The Labute approximate surface area is 189 Å². The van der Waals surface area contributed by atoms with E-state index in [1.165, 1.54) is 19.2 Å². The Hall–Kier alpha value is -2.70. The van der Waals surface area contributed by atoms with E-state index in [0.29, 0.717) is 11.3 Å². The van der Waals surface area contributed by atoms with Crippen LogP contribution in [0, 0.1) is 16.7 Å². The summed E-state index contributed by atoms with van der Waals surface area (Å²) in [6.07, 6.45) is 3.78. The van der Waals surface area contributed by atoms with Crippen molar-refractivity contribution in [3.63, 3.8) is 0 Å². The first kappa shape index (κ1) is 22.5. The molecule has 3 aliphatic rings. The summed E-state index contributed by atoms with van der Waals surface area (Å²) in [5.74, 6) is -1.33. The number of anilines is 1. The van der Waals surface area contributed by atoms with Crippen LogP contribution >= 0.6 is 0 Å². The molecule has 1 aromatic rings. The normalized spacial score (nSPS) is 24.7. The second-order valence-corrected chi connectivity index (χ2v) is 10.4. The van der Waals surface area contributed by atoms with Gasteiger partial charge in [-0.25, -0.2) is 9.69 Å². The van der Waals surface area contributed by atoms with Crippen LogP contribution in [0.4, 0.5) is 5.69 Å². The third kappa shape index (κ3) is 3.33. The zero-order valence-corrected chi connectivity index (χ0v) is 19.5. The van der Waals surface area contributed by atoms with Gasteiger partial charge in [-0.3, -0.25) is 14.4 Å². The summed E-state index contributed by atoms with van der Waals surface area (Å²) in [7, 11) is 1.30. The number of imide groups is 1. The minimum atomic E-state index is -0.773. The Morgan fingerprint density at radius 3 is 2.06 bits per heavy atom. The van der Waals surface area contributed by atoms with Crippen LogP contribution in [0.1, 0.15) is 70.2 Å². The standard InChI is InChI=1S/C25H32N2O5/c1-24(2)20(25(24,3)4)22(30)26(16-8-6-7-9-16)18-14-19(28)27(21(18)29)17-12-10-15(11-13-17)23(31)32-5/h10-13,16,18,20H,6-9,14H2,1-5H3. The van der Waals surface area contributed by atoms with E-state index in [2.05, 4.69) is 27.7 Å². The summed E-state index contributed by atoms with van der Waals surface area (Å²) < 4.78 is 4.71. The lowest BCUT2D eigenvalue weighted by Gasteiger charge is -2.34. The monoisotopic (exact) mass is 440 g/mol. The quantitative estimate of drug-likeness (QED) is 0.516. The average Bonchev–Trinajstić information content (AvgIpc) is 3.18. The average molecular weight is 441 g/mol. The van der Waals surface area contributed by atoms with E-state index in [9.17, 15) is 19.2 Å². The Morgan fingerprint density at radius 2 is 1.56 bits per heavy atom. The molecule has 0 spiro atoms. The number of hydrogen-bond donors (Lipinski definition) is 0. The van der Waals surface area contributed by atoms with Gasteiger partial charge < -0.3 is 9.64 Å². The molecule has 0 radical (unpaired) electrons. The van der Waals surface area contributed by atoms with E-state index in [1.54, 1.807) is 17.0 Å². The fourth-order valence-electron chi connectivity index (χ4n) is 5.70. The van der Waals surface area contributed by atoms with Crippen molar-refractivity contribution in [2.75, 3.05) is 12.0 Å². The molecule has 0 bridgehead atoms. The number of esters is 1. The summed E-state index contributed by atoms with van der Waals surface area (Å²) in [6.45, 7) is 8.39. The molecule has 1 unspecified atom stereocenters. The van der Waals surface area contributed by atoms with E-state index in [1.807, 2.05) is 0 Å². The molecule has 7 heteroatoms. The van der Waals surface area contributed by atoms with Gasteiger partial charge in [0.2, 0.25) is 11.8 Å². The van der Waals surface area contributed by atoms with Gasteiger partial charge in [-0.15, -0.1) is 0 Å². The third-order valence-electron chi connectivity index (χ3n) is 8.25. The van der Waals surface area contributed by atoms with Crippen LogP contribution in [-0.4, -0.2) is 47.8 Å². The summed E-state index contributed by atoms with van der Waals surface area (Å²) in [5.41, 5.74) is 0.459. The lowest BCUT2D eigenvalue weighted by Crippen LogP contribution is -2.51. The van der Waals surface area contributed by atoms with Crippen LogP contribution in [0.3, 0.4) is 0 Å². The molecule has 1 atom stereocenters. The molecular weight excluding hydrogens is 408 g/mol. The fourth-order valence-corrected chi connectivity index (χ4v) is 5.70. The van der Waals surface area contributed by atoms with Gasteiger partial charge in [-0.05, 0) is 47.9 Å². The van der Waals surface area contributed by atoms with Crippen molar-refractivity contribution >= 4 is 29.4 Å². The molecule has 1 heterocycles. The summed E-state index contributed by atoms with van der Waals surface area (Å²) >= 11 is 0. The molecule has 0 N–H and O–H groups in total. The van der Waals surface area contributed by atoms with Crippen LogP contribution in [0.25, 0.3) is 0 Å². The van der Waals surface area contributed by atoms with E-state index in [-0.39, 0.29) is 46.9 Å². The highest BCUT2D eigenvalue weighted by atomic mass is 16.5. The number of rotatable bonds is 5. The van der Waals surface area contributed by atoms with Crippen molar-refractivity contribution in [3.8, 4) is 0 Å². The smallest absolute Gasteiger partial charge is 0.337 e. The van der Waals surface area contributed by atoms with E-state index in [0.717, 1.165) is 30.6 Å². The van der Waals surface area contributed by atoms with Crippen molar-refractivity contribution in [2.24, 2.45) is 16.7 Å². The number of benzene rings is 1. The molecule has 1 saturated heterocycles. The number of nitrogens with zero attached hydrogens (tertiary/aromatic N) is 2. The van der Waals surface area contributed by atoms with Gasteiger partial charge in [0, 0.05) is 12.0 Å². The summed E-state index contributed by atoms with van der Waals surface area (Å²) in [4.78, 5) is 54.8. The molecule has 2 saturated carbocycles. The van der Waals surface area contributed by atoms with Gasteiger partial charge in [-0.2, -0.15) is 0 Å². The van der Waals surface area contributed by atoms with Crippen LogP contribution in [0.2, 0.25) is 0 Å². The number of carbonyl (C=O) groups excluding carboxylic acids is 4. The van der Waals surface area contributed by atoms with Gasteiger partial charge in [0.15, 0.2) is 0 Å². The minimum absolute atomic E-state index is 0.000870. The van der Waals surface area contributed by atoms with Crippen LogP contribution in [-0.2, 0) is 19.1 Å². The van der Waals surface area contributed by atoms with Crippen molar-refractivity contribution in [1.82, 2.24) is 4.90 Å². The number of methoxy groups -OCH3 is 1. The SMILES string of the molecule is COC(=O)c1ccc(N2C(=O)CC(N(C(=O)C3C(C)(C)C3(C)C)C3CCCC3)C2=O)cc1. The van der Waals surface area contributed by atoms with Gasteiger partial charge in [0.1, 0.15) is 6.04 Å². The molecule has 3 fully saturated rings. The highest BCUT2D eigenvalue weighted by Crippen LogP contribution is 2.69. The maximum absolute atomic E-state index is 13.8. The Balaban J connectivity index is 1.62. The maximum atomic E-state index is 13.8. The van der Waals surface area contributed by atoms with Crippen molar-refractivity contribution in [3.05, 3.63) is 29.8 Å². The topological polar surface area (TPSA) is 84.0 Å². The second-order valence-electron chi connectivity index (χ2n) is 10.4. The van der Waals surface area contributed by atoms with Crippen molar-refractivity contribution in [2.45, 2.75) is 71.9 Å². The molecule has 1 aliphatic heterocycles. The zero-order valence-electron chi connectivity index (χ0n) is 19.5. The summed E-state index contributed by atoms with van der Waals surface area (Å²) in [5, 5.41) is 0. The molecule has 1 aromatic carbocycles. The highest BCUT2D eigenvalue weighted by Gasteiger charge is 2.69. The molecule has 4 rings (SSSR count). The first-order chi connectivity index (χ1) is 15.0. The van der Waals surface area contributed by atoms with E-state index >= 15 is 0 Å². The number of hydrogen-bond acceptors (Lipinski definition) is 5. The predicted octanol–water partition coefficient (Wildman–Crippen LogP) is 3.56. The fraction of sp³-hybridized carbons (Fsp3) is 0.600. The Morgan fingerprint density at radius 1 is 1.00 bits per heavy atom. The number of amides is 3. The summed E-state index contributed by atoms with van der Waals surface area (Å²) in [6, 6.07) is 5.43.